The van der Waals surface area contributed by atoms with Crippen LogP contribution in [0, 0.1) is 6.92 Å². The summed E-state index contributed by atoms with van der Waals surface area (Å²) >= 11 is 0. The molecule has 4 rings (SSSR count). The summed E-state index contributed by atoms with van der Waals surface area (Å²) in [7, 11) is 1.60. The normalized spacial score (nSPS) is 10.5. The van der Waals surface area contributed by atoms with E-state index in [2.05, 4.69) is 10.6 Å². The van der Waals surface area contributed by atoms with E-state index in [1.54, 1.807) is 30.1 Å². The summed E-state index contributed by atoms with van der Waals surface area (Å²) in [5.41, 5.74) is 4.32. The highest BCUT2D eigenvalue weighted by molar-refractivity contribution is 6.00. The highest BCUT2D eigenvalue weighted by atomic mass is 16.5. The molecule has 0 radical (unpaired) electrons. The van der Waals surface area contributed by atoms with Crippen LogP contribution in [0.5, 0.6) is 5.75 Å². The van der Waals surface area contributed by atoms with Crippen molar-refractivity contribution in [1.29, 1.82) is 0 Å². The monoisotopic (exact) mass is 454 g/mol. The third-order valence-corrected chi connectivity index (χ3v) is 5.33. The minimum atomic E-state index is -0.273. The van der Waals surface area contributed by atoms with Crippen molar-refractivity contribution in [2.45, 2.75) is 6.92 Å². The molecule has 0 saturated heterocycles. The van der Waals surface area contributed by atoms with Crippen LogP contribution in [0.25, 0.3) is 16.9 Å². The van der Waals surface area contributed by atoms with Crippen LogP contribution in [-0.4, -0.2) is 41.8 Å². The number of aromatic nitrogens is 2. The second kappa shape index (κ2) is 10.5. The molecule has 0 saturated carbocycles. The molecule has 0 unspecified atom stereocenters. The molecule has 0 atom stereocenters. The Kier molecular flexibility index (Phi) is 7.03. The maximum absolute atomic E-state index is 13.1. The summed E-state index contributed by atoms with van der Waals surface area (Å²) in [4.78, 5) is 25.3. The molecule has 172 valence electrons. The van der Waals surface area contributed by atoms with E-state index in [1.807, 2.05) is 73.7 Å². The largest absolute Gasteiger partial charge is 0.497 e. The summed E-state index contributed by atoms with van der Waals surface area (Å²) in [6, 6.07) is 24.3. The predicted octanol–water partition coefficient (Wildman–Crippen LogP) is 4.02. The van der Waals surface area contributed by atoms with Gasteiger partial charge in [-0.05, 0) is 43.3 Å². The molecule has 3 aromatic carbocycles. The fourth-order valence-electron chi connectivity index (χ4n) is 3.49. The Labute approximate surface area is 198 Å². The standard InChI is InChI=1S/C27H26N4O3/c1-19-11-13-22(14-12-19)31-18-24(25(30-31)21-9-6-10-23(17-21)34-2)27(33)29-16-15-28-26(32)20-7-4-3-5-8-20/h3-14,17-18H,15-16H2,1-2H3,(H,28,32)(H,29,33). The lowest BCUT2D eigenvalue weighted by atomic mass is 10.1. The van der Waals surface area contributed by atoms with E-state index in [4.69, 9.17) is 9.84 Å². The molecule has 0 bridgehead atoms. The van der Waals surface area contributed by atoms with Crippen molar-refractivity contribution in [2.24, 2.45) is 0 Å². The van der Waals surface area contributed by atoms with E-state index in [-0.39, 0.29) is 18.4 Å². The van der Waals surface area contributed by atoms with Crippen molar-refractivity contribution in [1.82, 2.24) is 20.4 Å². The highest BCUT2D eigenvalue weighted by Crippen LogP contribution is 2.27. The van der Waals surface area contributed by atoms with E-state index < -0.39 is 0 Å². The number of carbonyl (C=O) groups excluding carboxylic acids is 2. The summed E-state index contributed by atoms with van der Waals surface area (Å²) < 4.78 is 7.04. The first-order valence-electron chi connectivity index (χ1n) is 11.0. The Morgan fingerprint density at radius 2 is 1.59 bits per heavy atom. The molecule has 2 amide bonds. The van der Waals surface area contributed by atoms with Gasteiger partial charge < -0.3 is 15.4 Å². The zero-order chi connectivity index (χ0) is 23.9. The van der Waals surface area contributed by atoms with E-state index >= 15 is 0 Å². The number of nitrogens with one attached hydrogen (secondary N) is 2. The first kappa shape index (κ1) is 22.8. The fourth-order valence-corrected chi connectivity index (χ4v) is 3.49. The Morgan fingerprint density at radius 3 is 2.29 bits per heavy atom. The maximum atomic E-state index is 13.1. The topological polar surface area (TPSA) is 85.2 Å². The van der Waals surface area contributed by atoms with Gasteiger partial charge in [0.2, 0.25) is 0 Å². The maximum Gasteiger partial charge on any atom is 0.255 e. The molecule has 0 aliphatic rings. The molecular weight excluding hydrogens is 428 g/mol. The van der Waals surface area contributed by atoms with Crippen LogP contribution in [0.1, 0.15) is 26.3 Å². The number of benzene rings is 3. The number of methoxy groups -OCH3 is 1. The van der Waals surface area contributed by atoms with Crippen molar-refractivity contribution in [3.8, 4) is 22.7 Å². The van der Waals surface area contributed by atoms with Gasteiger partial charge in [0.25, 0.3) is 11.8 Å². The van der Waals surface area contributed by atoms with Gasteiger partial charge in [0.05, 0.1) is 18.4 Å². The predicted molar refractivity (Wildman–Crippen MR) is 131 cm³/mol. The molecule has 2 N–H and O–H groups in total. The van der Waals surface area contributed by atoms with Gasteiger partial charge in [-0.2, -0.15) is 5.10 Å². The van der Waals surface area contributed by atoms with Crippen molar-refractivity contribution in [3.63, 3.8) is 0 Å². The number of ether oxygens (including phenoxy) is 1. The second-order valence-corrected chi connectivity index (χ2v) is 7.78. The zero-order valence-corrected chi connectivity index (χ0v) is 19.1. The molecule has 7 heteroatoms. The van der Waals surface area contributed by atoms with Gasteiger partial charge in [0.15, 0.2) is 0 Å². The van der Waals surface area contributed by atoms with Crippen molar-refractivity contribution in [2.75, 3.05) is 20.2 Å². The molecule has 4 aromatic rings. The van der Waals surface area contributed by atoms with Crippen LogP contribution in [-0.2, 0) is 0 Å². The van der Waals surface area contributed by atoms with Crippen LogP contribution < -0.4 is 15.4 Å². The Bertz CT molecular complexity index is 1280. The summed E-state index contributed by atoms with van der Waals surface area (Å²) in [5, 5.41) is 10.4. The lowest BCUT2D eigenvalue weighted by Gasteiger charge is -2.08. The third-order valence-electron chi connectivity index (χ3n) is 5.33. The Morgan fingerprint density at radius 1 is 0.882 bits per heavy atom. The van der Waals surface area contributed by atoms with Gasteiger partial charge >= 0.3 is 0 Å². The molecule has 0 spiro atoms. The van der Waals surface area contributed by atoms with Crippen LogP contribution in [0.3, 0.4) is 0 Å². The Hall–Kier alpha value is -4.39. The number of rotatable bonds is 8. The fraction of sp³-hybridized carbons (Fsp3) is 0.148. The first-order chi connectivity index (χ1) is 16.5. The van der Waals surface area contributed by atoms with E-state index in [0.29, 0.717) is 29.1 Å². The number of hydrogen-bond acceptors (Lipinski definition) is 4. The summed E-state index contributed by atoms with van der Waals surface area (Å²) in [6.07, 6.45) is 1.72. The average Bonchev–Trinajstić information content (AvgIpc) is 3.33. The van der Waals surface area contributed by atoms with E-state index in [1.165, 1.54) is 0 Å². The van der Waals surface area contributed by atoms with E-state index in [9.17, 15) is 9.59 Å². The van der Waals surface area contributed by atoms with Crippen molar-refractivity contribution in [3.05, 3.63) is 102 Å². The first-order valence-corrected chi connectivity index (χ1v) is 11.0. The van der Waals surface area contributed by atoms with Gasteiger partial charge in [-0.3, -0.25) is 9.59 Å². The molecule has 1 aromatic heterocycles. The van der Waals surface area contributed by atoms with Crippen LogP contribution in [0.2, 0.25) is 0 Å². The number of hydrogen-bond donors (Lipinski definition) is 2. The van der Waals surface area contributed by atoms with Crippen molar-refractivity contribution >= 4 is 11.8 Å². The molecule has 1 heterocycles. The van der Waals surface area contributed by atoms with Crippen LogP contribution >= 0.6 is 0 Å². The number of carbonyl (C=O) groups is 2. The van der Waals surface area contributed by atoms with Crippen molar-refractivity contribution < 1.29 is 14.3 Å². The molecule has 0 aliphatic heterocycles. The van der Waals surface area contributed by atoms with Gasteiger partial charge in [-0.25, -0.2) is 4.68 Å². The lowest BCUT2D eigenvalue weighted by Crippen LogP contribution is -2.34. The molecule has 0 aliphatic carbocycles. The van der Waals surface area contributed by atoms with Crippen LogP contribution in [0.4, 0.5) is 0 Å². The minimum Gasteiger partial charge on any atom is -0.497 e. The lowest BCUT2D eigenvalue weighted by molar-refractivity contribution is 0.0928. The average molecular weight is 455 g/mol. The number of aryl methyl sites for hydroxylation is 1. The minimum absolute atomic E-state index is 0.181. The summed E-state index contributed by atoms with van der Waals surface area (Å²) in [6.45, 7) is 2.61. The smallest absolute Gasteiger partial charge is 0.255 e. The molecule has 0 fully saturated rings. The molecule has 34 heavy (non-hydrogen) atoms. The van der Waals surface area contributed by atoms with Gasteiger partial charge in [0, 0.05) is 30.4 Å². The van der Waals surface area contributed by atoms with E-state index in [0.717, 1.165) is 16.8 Å². The second-order valence-electron chi connectivity index (χ2n) is 7.78. The van der Waals surface area contributed by atoms with Gasteiger partial charge in [-0.15, -0.1) is 0 Å². The Balaban J connectivity index is 1.52. The van der Waals surface area contributed by atoms with Gasteiger partial charge in [0.1, 0.15) is 11.4 Å². The summed E-state index contributed by atoms with van der Waals surface area (Å²) in [5.74, 6) is 0.224. The zero-order valence-electron chi connectivity index (χ0n) is 19.1. The van der Waals surface area contributed by atoms with Crippen LogP contribution in [0.15, 0.2) is 85.1 Å². The van der Waals surface area contributed by atoms with Gasteiger partial charge in [-0.1, -0.05) is 48.0 Å². The SMILES string of the molecule is COc1cccc(-c2nn(-c3ccc(C)cc3)cc2C(=O)NCCNC(=O)c2ccccc2)c1. The number of amides is 2. The third kappa shape index (κ3) is 5.32. The molecule has 7 nitrogen and oxygen atoms in total. The quantitative estimate of drug-likeness (QED) is 0.394. The molecular formula is C27H26N4O3. The number of nitrogens with zero attached hydrogens (tertiary/aromatic N) is 2. The highest BCUT2D eigenvalue weighted by Gasteiger charge is 2.19.